The molecule has 0 aliphatic heterocycles. The molecular formula is C13H16F3NO8S2. The Bertz CT molecular complexity index is 791. The summed E-state index contributed by atoms with van der Waals surface area (Å²) in [5.41, 5.74) is -6.45. The smallest absolute Gasteiger partial charge is 0.395 e. The van der Waals surface area contributed by atoms with Crippen LogP contribution in [-0.4, -0.2) is 65.3 Å². The number of rotatable bonds is 10. The molecule has 0 aliphatic carbocycles. The number of hydrogen-bond donors (Lipinski definition) is 2. The molecular weight excluding hydrogens is 419 g/mol. The predicted molar refractivity (Wildman–Crippen MR) is 89.9 cm³/mol. The number of nitro benzene ring substituents is 1. The van der Waals surface area contributed by atoms with Crippen LogP contribution in [-0.2, 0) is 13.7 Å². The second-order valence-electron chi connectivity index (χ2n) is 5.16. The van der Waals surface area contributed by atoms with Crippen LogP contribution in [0.1, 0.15) is 10.4 Å². The third-order valence-electron chi connectivity index (χ3n) is 3.22. The number of halogens is 3. The van der Waals surface area contributed by atoms with Gasteiger partial charge in [-0.25, -0.2) is 3.63 Å². The van der Waals surface area contributed by atoms with Crippen molar-refractivity contribution < 1.29 is 45.1 Å². The molecule has 0 aliphatic rings. The molecule has 0 radical (unpaired) electrons. The molecule has 1 rings (SSSR count). The van der Waals surface area contributed by atoms with Gasteiger partial charge in [0.1, 0.15) is 0 Å². The Balaban J connectivity index is 3.26. The number of carbonyl (C=O) groups is 1. The maximum atomic E-state index is 12.7. The van der Waals surface area contributed by atoms with Gasteiger partial charge in [-0.15, -0.1) is 10.3 Å². The number of non-ortho nitro benzene ring substituents is 1. The van der Waals surface area contributed by atoms with E-state index in [1.54, 1.807) is 0 Å². The number of nitro groups is 1. The molecule has 1 aromatic rings. The summed E-state index contributed by atoms with van der Waals surface area (Å²) in [6.07, 6.45) is 0. The molecule has 9 nitrogen and oxygen atoms in total. The number of hydrogen-bond acceptors (Lipinski definition) is 8. The van der Waals surface area contributed by atoms with Crippen LogP contribution in [0.2, 0.25) is 0 Å². The minimum Gasteiger partial charge on any atom is -0.395 e. The van der Waals surface area contributed by atoms with Gasteiger partial charge in [-0.05, 0) is 0 Å². The van der Waals surface area contributed by atoms with Gasteiger partial charge in [0.05, 0.1) is 23.9 Å². The zero-order valence-corrected chi connectivity index (χ0v) is 15.2. The highest BCUT2D eigenvalue weighted by molar-refractivity contribution is 8.33. The Labute approximate surface area is 153 Å². The first kappa shape index (κ1) is 23.3. The molecule has 0 saturated carbocycles. The normalized spacial score (nSPS) is 13.4. The summed E-state index contributed by atoms with van der Waals surface area (Å²) in [5, 5.41) is 29.0. The molecule has 0 unspecified atom stereocenters. The summed E-state index contributed by atoms with van der Waals surface area (Å²) >= 11 is 0. The predicted octanol–water partition coefficient (Wildman–Crippen LogP) is 1.35. The van der Waals surface area contributed by atoms with E-state index in [1.807, 2.05) is 0 Å². The minimum atomic E-state index is -6.09. The van der Waals surface area contributed by atoms with Crippen molar-refractivity contribution in [2.75, 3.05) is 30.5 Å². The largest absolute Gasteiger partial charge is 0.523 e. The van der Waals surface area contributed by atoms with Gasteiger partial charge in [0.25, 0.3) is 5.69 Å². The fourth-order valence-corrected chi connectivity index (χ4v) is 6.38. The highest BCUT2D eigenvalue weighted by atomic mass is 32.3. The molecule has 14 heteroatoms. The Kier molecular flexibility index (Phi) is 7.74. The molecule has 27 heavy (non-hydrogen) atoms. The molecule has 0 heterocycles. The van der Waals surface area contributed by atoms with Crippen molar-refractivity contribution in [3.05, 3.63) is 39.9 Å². The lowest BCUT2D eigenvalue weighted by Crippen LogP contribution is -2.33. The van der Waals surface area contributed by atoms with Gasteiger partial charge in [0, 0.05) is 29.2 Å². The minimum absolute atomic E-state index is 0.245. The topological polar surface area (TPSA) is 144 Å². The third kappa shape index (κ3) is 6.14. The van der Waals surface area contributed by atoms with Crippen molar-refractivity contribution in [3.8, 4) is 0 Å². The average molecular weight is 435 g/mol. The molecule has 0 bridgehead atoms. The van der Waals surface area contributed by atoms with E-state index in [1.165, 1.54) is 6.07 Å². The van der Waals surface area contributed by atoms with E-state index in [0.717, 1.165) is 18.2 Å². The Morgan fingerprint density at radius 1 is 1.19 bits per heavy atom. The number of benzene rings is 1. The number of aliphatic hydroxyl groups excluding tert-OH is 2. The van der Waals surface area contributed by atoms with Gasteiger partial charge in [-0.1, -0.05) is 12.1 Å². The van der Waals surface area contributed by atoms with Crippen LogP contribution >= 0.6 is 10.3 Å². The van der Waals surface area contributed by atoms with Gasteiger partial charge in [-0.3, -0.25) is 14.9 Å². The van der Waals surface area contributed by atoms with Crippen LogP contribution in [0, 0.1) is 10.1 Å². The molecule has 0 amide bonds. The van der Waals surface area contributed by atoms with Gasteiger partial charge in [0.15, 0.2) is 5.78 Å². The molecule has 0 atom stereocenters. The van der Waals surface area contributed by atoms with E-state index in [0.29, 0.717) is 0 Å². The summed E-state index contributed by atoms with van der Waals surface area (Å²) in [6, 6.07) is 4.30. The highest BCUT2D eigenvalue weighted by Crippen LogP contribution is 2.52. The molecule has 0 aromatic heterocycles. The van der Waals surface area contributed by atoms with Crippen molar-refractivity contribution in [2.45, 2.75) is 5.51 Å². The van der Waals surface area contributed by atoms with E-state index in [9.17, 15) is 36.5 Å². The summed E-state index contributed by atoms with van der Waals surface area (Å²) in [4.78, 5) is 22.4. The van der Waals surface area contributed by atoms with E-state index in [-0.39, 0.29) is 5.56 Å². The van der Waals surface area contributed by atoms with Crippen molar-refractivity contribution in [1.82, 2.24) is 0 Å². The summed E-state index contributed by atoms with van der Waals surface area (Å²) < 4.78 is 65.1. The summed E-state index contributed by atoms with van der Waals surface area (Å²) in [5.74, 6) is -3.05. The van der Waals surface area contributed by atoms with Crippen LogP contribution < -0.4 is 0 Å². The fourth-order valence-electron chi connectivity index (χ4n) is 2.01. The number of Topliss-reactive ketones (excluding diaryl/α,β-unsaturated/α-hetero) is 1. The second-order valence-corrected chi connectivity index (χ2v) is 10.1. The SMILES string of the molecule is O=C(CS(CCO)(CCO)OS(=O)(=O)C(F)(F)F)c1cccc([N+](=O)[O-])c1. The molecule has 0 saturated heterocycles. The maximum absolute atomic E-state index is 12.7. The molecule has 2 N–H and O–H groups in total. The van der Waals surface area contributed by atoms with Crippen molar-refractivity contribution in [2.24, 2.45) is 0 Å². The number of carbonyl (C=O) groups excluding carboxylic acids is 1. The lowest BCUT2D eigenvalue weighted by Gasteiger charge is -2.36. The quantitative estimate of drug-likeness (QED) is 0.243. The summed E-state index contributed by atoms with van der Waals surface area (Å²) in [7, 11) is -9.54. The Morgan fingerprint density at radius 2 is 1.74 bits per heavy atom. The fraction of sp³-hybridized carbons (Fsp3) is 0.462. The number of ketones is 1. The van der Waals surface area contributed by atoms with Gasteiger partial charge in [-0.2, -0.15) is 21.6 Å². The molecule has 0 fully saturated rings. The Morgan fingerprint density at radius 3 is 2.19 bits per heavy atom. The van der Waals surface area contributed by atoms with Crippen molar-refractivity contribution in [3.63, 3.8) is 0 Å². The number of alkyl halides is 3. The van der Waals surface area contributed by atoms with E-state index < -0.39 is 72.8 Å². The van der Waals surface area contributed by atoms with Crippen LogP contribution in [0.3, 0.4) is 0 Å². The molecule has 154 valence electrons. The lowest BCUT2D eigenvalue weighted by atomic mass is 10.1. The molecule has 0 spiro atoms. The lowest BCUT2D eigenvalue weighted by molar-refractivity contribution is -0.384. The monoisotopic (exact) mass is 435 g/mol. The van der Waals surface area contributed by atoms with Gasteiger partial charge >= 0.3 is 15.6 Å². The number of nitrogens with zero attached hydrogens (tertiary/aromatic N) is 1. The third-order valence-corrected chi connectivity index (χ3v) is 8.30. The van der Waals surface area contributed by atoms with E-state index >= 15 is 0 Å². The van der Waals surface area contributed by atoms with Crippen LogP contribution in [0.15, 0.2) is 24.3 Å². The average Bonchev–Trinajstić information content (AvgIpc) is 2.53. The zero-order valence-electron chi connectivity index (χ0n) is 13.6. The van der Waals surface area contributed by atoms with E-state index in [2.05, 4.69) is 3.63 Å². The Hall–Kier alpha value is -1.74. The second kappa shape index (κ2) is 8.97. The van der Waals surface area contributed by atoms with Crippen molar-refractivity contribution >= 4 is 31.9 Å². The van der Waals surface area contributed by atoms with Gasteiger partial charge < -0.3 is 10.2 Å². The standard InChI is InChI=1S/C13H16F3NO8S2/c14-13(15,16)27(23,24)25-26(6-4-18,7-5-19)9-12(20)10-2-1-3-11(8-10)17(21)22/h1-3,8,18-19H,4-7,9H2. The van der Waals surface area contributed by atoms with E-state index in [4.69, 9.17) is 10.2 Å². The van der Waals surface area contributed by atoms with Gasteiger partial charge in [0.2, 0.25) is 0 Å². The first-order valence-corrected chi connectivity index (χ1v) is 10.6. The summed E-state index contributed by atoms with van der Waals surface area (Å²) in [6.45, 7) is -1.60. The first-order valence-electron chi connectivity index (χ1n) is 7.15. The molecule has 1 aromatic carbocycles. The van der Waals surface area contributed by atoms with Crippen LogP contribution in [0.25, 0.3) is 0 Å². The number of aliphatic hydroxyl groups is 2. The maximum Gasteiger partial charge on any atom is 0.523 e. The highest BCUT2D eigenvalue weighted by Gasteiger charge is 2.51. The van der Waals surface area contributed by atoms with Crippen LogP contribution in [0.5, 0.6) is 0 Å². The zero-order chi connectivity index (χ0) is 20.9. The van der Waals surface area contributed by atoms with Crippen LogP contribution in [0.4, 0.5) is 18.9 Å². The first-order chi connectivity index (χ1) is 12.4. The van der Waals surface area contributed by atoms with Crippen molar-refractivity contribution in [1.29, 1.82) is 0 Å².